The Labute approximate surface area is 76.3 Å². The Morgan fingerprint density at radius 3 is 2.31 bits per heavy atom. The van der Waals surface area contributed by atoms with E-state index in [1.165, 1.54) is 0 Å². The van der Waals surface area contributed by atoms with E-state index in [4.69, 9.17) is 4.74 Å². The topological polar surface area (TPSA) is 60.4 Å². The molecule has 0 heterocycles. The summed E-state index contributed by atoms with van der Waals surface area (Å²) in [6.45, 7) is 0. The van der Waals surface area contributed by atoms with Crippen LogP contribution in [0.4, 0.5) is 0 Å². The normalized spacial score (nSPS) is 8.92. The monoisotopic (exact) mass is 198 g/mol. The van der Waals surface area contributed by atoms with E-state index in [1.54, 1.807) is 30.3 Å². The summed E-state index contributed by atoms with van der Waals surface area (Å²) in [4.78, 5) is 10.2. The van der Waals surface area contributed by atoms with Gasteiger partial charge in [0.1, 0.15) is 5.75 Å². The van der Waals surface area contributed by atoms with Gasteiger partial charge in [-0.2, -0.15) is 8.42 Å². The minimum atomic E-state index is -2.63. The number of aldehydes is 1. The number of hydrogen-bond acceptors (Lipinski definition) is 4. The summed E-state index contributed by atoms with van der Waals surface area (Å²) in [7, 11) is -2.63. The molecule has 5 heteroatoms. The van der Waals surface area contributed by atoms with Crippen molar-refractivity contribution in [3.05, 3.63) is 30.3 Å². The fraction of sp³-hybridized carbons (Fsp3) is 0. The Morgan fingerprint density at radius 1 is 1.23 bits per heavy atom. The lowest BCUT2D eigenvalue weighted by molar-refractivity contribution is -0.103. The van der Waals surface area contributed by atoms with E-state index < -0.39 is 15.3 Å². The maximum atomic E-state index is 10.3. The number of rotatable bonds is 2. The predicted octanol–water partition coefficient (Wildman–Crippen LogP) is 0.273. The highest BCUT2D eigenvalue weighted by Crippen LogP contribution is 2.07. The molecule has 0 atom stereocenters. The van der Waals surface area contributed by atoms with Crippen molar-refractivity contribution in [1.29, 1.82) is 0 Å². The molecule has 0 aliphatic carbocycles. The standard InChI is InChI=1S/C8H6O4S/c9-6-8(13(10)11)12-7-4-2-1-3-5-7/h1-6H. The Bertz CT molecular complexity index is 411. The lowest BCUT2D eigenvalue weighted by Crippen LogP contribution is -2.10. The van der Waals surface area contributed by atoms with Crippen molar-refractivity contribution < 1.29 is 17.9 Å². The first-order valence-corrected chi connectivity index (χ1v) is 4.46. The molecule has 0 saturated carbocycles. The molecule has 1 rings (SSSR count). The Balaban J connectivity index is 2.93. The molecule has 0 amide bonds. The van der Waals surface area contributed by atoms with E-state index >= 15 is 0 Å². The third kappa shape index (κ3) is 2.72. The molecule has 0 bridgehead atoms. The van der Waals surface area contributed by atoms with Crippen LogP contribution in [0.25, 0.3) is 0 Å². The van der Waals surface area contributed by atoms with Crippen molar-refractivity contribution in [3.8, 4) is 5.75 Å². The molecule has 1 aromatic carbocycles. The molecular weight excluding hydrogens is 192 g/mol. The van der Waals surface area contributed by atoms with Gasteiger partial charge in [-0.3, -0.25) is 4.79 Å². The average Bonchev–Trinajstić information content (AvgIpc) is 2.15. The summed E-state index contributed by atoms with van der Waals surface area (Å²) in [6, 6.07) is 8.20. The summed E-state index contributed by atoms with van der Waals surface area (Å²) in [6.07, 6.45) is 0.149. The fourth-order valence-corrected chi connectivity index (χ4v) is 0.945. The minimum Gasteiger partial charge on any atom is -0.439 e. The van der Waals surface area contributed by atoms with E-state index in [9.17, 15) is 13.2 Å². The molecule has 0 radical (unpaired) electrons. The third-order valence-corrected chi connectivity index (χ3v) is 1.73. The van der Waals surface area contributed by atoms with Crippen LogP contribution in [0.3, 0.4) is 0 Å². The maximum Gasteiger partial charge on any atom is 0.286 e. The van der Waals surface area contributed by atoms with E-state index in [-0.39, 0.29) is 6.29 Å². The fourth-order valence-electron chi connectivity index (χ4n) is 0.702. The highest BCUT2D eigenvalue weighted by atomic mass is 32.2. The zero-order valence-corrected chi connectivity index (χ0v) is 7.32. The number of benzene rings is 1. The van der Waals surface area contributed by atoms with Crippen molar-refractivity contribution in [2.75, 3.05) is 0 Å². The van der Waals surface area contributed by atoms with Gasteiger partial charge in [0.25, 0.3) is 15.3 Å². The highest BCUT2D eigenvalue weighted by Gasteiger charge is 2.01. The molecule has 0 N–H and O–H groups in total. The van der Waals surface area contributed by atoms with Crippen LogP contribution in [0.5, 0.6) is 5.75 Å². The lowest BCUT2D eigenvalue weighted by atomic mass is 10.3. The minimum absolute atomic E-state index is 0.149. The SMILES string of the molecule is O=CC(Oc1ccccc1)=S(=O)=O. The zero-order chi connectivity index (χ0) is 9.68. The summed E-state index contributed by atoms with van der Waals surface area (Å²) in [5.74, 6) is 0.314. The second kappa shape index (κ2) is 4.42. The van der Waals surface area contributed by atoms with Gasteiger partial charge in [-0.1, -0.05) is 18.2 Å². The summed E-state index contributed by atoms with van der Waals surface area (Å²) < 4.78 is 25.4. The smallest absolute Gasteiger partial charge is 0.286 e. The van der Waals surface area contributed by atoms with Gasteiger partial charge in [0.2, 0.25) is 6.29 Å². The molecule has 0 saturated heterocycles. The quantitative estimate of drug-likeness (QED) is 0.505. The molecule has 13 heavy (non-hydrogen) atoms. The highest BCUT2D eigenvalue weighted by molar-refractivity contribution is 7.74. The second-order valence-corrected chi connectivity index (χ2v) is 2.96. The molecule has 0 aromatic heterocycles. The van der Waals surface area contributed by atoms with Crippen LogP contribution in [0, 0.1) is 0 Å². The van der Waals surface area contributed by atoms with Crippen molar-refractivity contribution in [3.63, 3.8) is 0 Å². The molecule has 0 fully saturated rings. The molecule has 68 valence electrons. The van der Waals surface area contributed by atoms with E-state index in [0.717, 1.165) is 0 Å². The van der Waals surface area contributed by atoms with Gasteiger partial charge in [-0.25, -0.2) is 0 Å². The molecule has 0 aliphatic rings. The van der Waals surface area contributed by atoms with Crippen molar-refractivity contribution >= 4 is 21.6 Å². The van der Waals surface area contributed by atoms with Gasteiger partial charge >= 0.3 is 0 Å². The maximum absolute atomic E-state index is 10.3. The molecule has 1 aromatic rings. The van der Waals surface area contributed by atoms with E-state index in [0.29, 0.717) is 5.75 Å². The molecule has 4 nitrogen and oxygen atoms in total. The summed E-state index contributed by atoms with van der Waals surface area (Å²) >= 11 is 0. The van der Waals surface area contributed by atoms with Crippen LogP contribution in [-0.4, -0.2) is 19.8 Å². The average molecular weight is 198 g/mol. The van der Waals surface area contributed by atoms with Crippen LogP contribution < -0.4 is 4.74 Å². The Hall–Kier alpha value is -1.62. The molecule has 0 spiro atoms. The zero-order valence-electron chi connectivity index (χ0n) is 6.51. The molecular formula is C8H6O4S. The van der Waals surface area contributed by atoms with Crippen molar-refractivity contribution in [2.24, 2.45) is 0 Å². The molecule has 0 aliphatic heterocycles. The van der Waals surface area contributed by atoms with Crippen molar-refractivity contribution in [2.45, 2.75) is 0 Å². The van der Waals surface area contributed by atoms with Crippen molar-refractivity contribution in [1.82, 2.24) is 0 Å². The second-order valence-electron chi connectivity index (χ2n) is 2.09. The van der Waals surface area contributed by atoms with E-state index in [2.05, 4.69) is 0 Å². The van der Waals surface area contributed by atoms with Gasteiger partial charge in [-0.05, 0) is 12.1 Å². The van der Waals surface area contributed by atoms with Gasteiger partial charge in [0.05, 0.1) is 0 Å². The van der Waals surface area contributed by atoms with Gasteiger partial charge in [0, 0.05) is 0 Å². The number of hydrogen-bond donors (Lipinski definition) is 0. The Kier molecular flexibility index (Phi) is 3.22. The van der Waals surface area contributed by atoms with Crippen LogP contribution in [-0.2, 0) is 15.1 Å². The summed E-state index contributed by atoms with van der Waals surface area (Å²) in [5, 5.41) is -0.619. The first-order valence-electron chi connectivity index (χ1n) is 3.38. The largest absolute Gasteiger partial charge is 0.439 e. The summed E-state index contributed by atoms with van der Waals surface area (Å²) in [5.41, 5.74) is 0. The third-order valence-electron chi connectivity index (χ3n) is 1.22. The van der Waals surface area contributed by atoms with Crippen LogP contribution in [0.15, 0.2) is 30.3 Å². The van der Waals surface area contributed by atoms with Crippen LogP contribution in [0.2, 0.25) is 0 Å². The number of carbonyl (C=O) groups is 1. The van der Waals surface area contributed by atoms with Crippen LogP contribution >= 0.6 is 0 Å². The van der Waals surface area contributed by atoms with Gasteiger partial charge in [0.15, 0.2) is 0 Å². The molecule has 0 unspecified atom stereocenters. The lowest BCUT2D eigenvalue weighted by Gasteiger charge is -1.98. The number of carbonyl (C=O) groups excluding carboxylic acids is 1. The first-order chi connectivity index (χ1) is 6.24. The van der Waals surface area contributed by atoms with E-state index in [1.807, 2.05) is 0 Å². The predicted molar refractivity (Wildman–Crippen MR) is 47.1 cm³/mol. The first kappa shape index (κ1) is 9.47. The van der Waals surface area contributed by atoms with Crippen LogP contribution in [0.1, 0.15) is 0 Å². The number of ether oxygens (including phenoxy) is 1. The number of para-hydroxylation sites is 1. The Morgan fingerprint density at radius 2 is 1.85 bits per heavy atom. The van der Waals surface area contributed by atoms with Gasteiger partial charge in [-0.15, -0.1) is 0 Å². The van der Waals surface area contributed by atoms with Gasteiger partial charge < -0.3 is 4.74 Å².